The van der Waals surface area contributed by atoms with Gasteiger partial charge in [-0.25, -0.2) is 0 Å². The summed E-state index contributed by atoms with van der Waals surface area (Å²) in [7, 11) is 0. The summed E-state index contributed by atoms with van der Waals surface area (Å²) in [5, 5.41) is 0. The number of likely N-dealkylation sites (tertiary alicyclic amines) is 1. The zero-order valence-electron chi connectivity index (χ0n) is 12.5. The first-order valence-corrected chi connectivity index (χ1v) is 7.70. The Morgan fingerprint density at radius 1 is 1.05 bits per heavy atom. The van der Waals surface area contributed by atoms with Crippen LogP contribution >= 0.6 is 0 Å². The van der Waals surface area contributed by atoms with E-state index in [0.717, 1.165) is 25.9 Å². The molecule has 1 saturated heterocycles. The van der Waals surface area contributed by atoms with E-state index in [-0.39, 0.29) is 17.9 Å². The summed E-state index contributed by atoms with van der Waals surface area (Å²) in [5.41, 5.74) is 0. The topological polar surface area (TPSA) is 55.8 Å². The van der Waals surface area contributed by atoms with Crippen LogP contribution in [0.1, 0.15) is 33.1 Å². The van der Waals surface area contributed by atoms with Crippen LogP contribution in [0.25, 0.3) is 0 Å². The van der Waals surface area contributed by atoms with Gasteiger partial charge in [0.25, 0.3) is 0 Å². The fourth-order valence-electron chi connectivity index (χ4n) is 3.68. The first kappa shape index (κ1) is 15.3. The second kappa shape index (κ2) is 7.07. The molecule has 2 fully saturated rings. The van der Waals surface area contributed by atoms with Gasteiger partial charge >= 0.3 is 11.9 Å². The Morgan fingerprint density at radius 2 is 1.65 bits per heavy atom. The third-order valence-electron chi connectivity index (χ3n) is 4.37. The molecule has 2 unspecified atom stereocenters. The van der Waals surface area contributed by atoms with E-state index in [0.29, 0.717) is 31.6 Å². The molecule has 2 bridgehead atoms. The average molecular weight is 283 g/mol. The lowest BCUT2D eigenvalue weighted by atomic mass is 9.69. The molecule has 20 heavy (non-hydrogen) atoms. The van der Waals surface area contributed by atoms with Crippen LogP contribution < -0.4 is 0 Å². The molecule has 5 heteroatoms. The average Bonchev–Trinajstić information content (AvgIpc) is 2.38. The van der Waals surface area contributed by atoms with Gasteiger partial charge < -0.3 is 9.47 Å². The van der Waals surface area contributed by atoms with Crippen molar-refractivity contribution in [2.24, 2.45) is 17.8 Å². The summed E-state index contributed by atoms with van der Waals surface area (Å²) < 4.78 is 10.2. The van der Waals surface area contributed by atoms with Crippen LogP contribution in [0.4, 0.5) is 0 Å². The highest BCUT2D eigenvalue weighted by Gasteiger charge is 2.44. The van der Waals surface area contributed by atoms with Crippen LogP contribution in [-0.4, -0.2) is 49.7 Å². The van der Waals surface area contributed by atoms with Crippen LogP contribution in [0.2, 0.25) is 0 Å². The zero-order chi connectivity index (χ0) is 14.5. The van der Waals surface area contributed by atoms with Crippen molar-refractivity contribution in [1.29, 1.82) is 0 Å². The number of carbonyl (C=O) groups is 2. The molecular weight excluding hydrogens is 258 g/mol. The largest absolute Gasteiger partial charge is 0.466 e. The van der Waals surface area contributed by atoms with Crippen molar-refractivity contribution in [2.75, 3.05) is 32.8 Å². The Labute approximate surface area is 120 Å². The van der Waals surface area contributed by atoms with E-state index < -0.39 is 0 Å². The van der Waals surface area contributed by atoms with Crippen LogP contribution in [0.3, 0.4) is 0 Å². The lowest BCUT2D eigenvalue weighted by Gasteiger charge is -2.45. The minimum Gasteiger partial charge on any atom is -0.466 e. The van der Waals surface area contributed by atoms with Crippen LogP contribution in [-0.2, 0) is 19.1 Å². The van der Waals surface area contributed by atoms with Gasteiger partial charge in [-0.2, -0.15) is 0 Å². The molecule has 0 N–H and O–H groups in total. The van der Waals surface area contributed by atoms with Gasteiger partial charge in [0.05, 0.1) is 25.7 Å². The monoisotopic (exact) mass is 283 g/mol. The molecule has 0 radical (unpaired) electrons. The first-order valence-electron chi connectivity index (χ1n) is 7.70. The van der Waals surface area contributed by atoms with Gasteiger partial charge in [0, 0.05) is 13.1 Å². The SMILES string of the molecule is CCOC(=O)CN1CC2CCCC(C1)C2C(=O)OCC. The standard InChI is InChI=1S/C15H25NO4/c1-3-19-13(17)10-16-8-11-6-5-7-12(9-16)14(11)15(18)20-4-2/h11-12,14H,3-10H2,1-2H3. The van der Waals surface area contributed by atoms with Gasteiger partial charge in [-0.1, -0.05) is 6.42 Å². The van der Waals surface area contributed by atoms with Crippen molar-refractivity contribution in [2.45, 2.75) is 33.1 Å². The second-order valence-electron chi connectivity index (χ2n) is 5.73. The molecule has 0 amide bonds. The third kappa shape index (κ3) is 3.51. The van der Waals surface area contributed by atoms with Crippen LogP contribution in [0.5, 0.6) is 0 Å². The molecule has 1 saturated carbocycles. The Bertz CT molecular complexity index is 344. The number of esters is 2. The zero-order valence-corrected chi connectivity index (χ0v) is 12.5. The molecule has 0 aromatic rings. The highest BCUT2D eigenvalue weighted by atomic mass is 16.5. The van der Waals surface area contributed by atoms with Crippen molar-refractivity contribution in [1.82, 2.24) is 4.90 Å². The number of hydrogen-bond donors (Lipinski definition) is 0. The molecule has 1 heterocycles. The Kier molecular flexibility index (Phi) is 5.40. The van der Waals surface area contributed by atoms with Crippen molar-refractivity contribution >= 4 is 11.9 Å². The summed E-state index contributed by atoms with van der Waals surface area (Å²) in [5.74, 6) is 0.479. The molecule has 0 aromatic heterocycles. The number of hydrogen-bond acceptors (Lipinski definition) is 5. The van der Waals surface area contributed by atoms with Crippen molar-refractivity contribution < 1.29 is 19.1 Å². The summed E-state index contributed by atoms with van der Waals surface area (Å²) >= 11 is 0. The Hall–Kier alpha value is -1.10. The van der Waals surface area contributed by atoms with E-state index in [2.05, 4.69) is 4.90 Å². The fourth-order valence-corrected chi connectivity index (χ4v) is 3.68. The molecule has 0 aromatic carbocycles. The van der Waals surface area contributed by atoms with Gasteiger partial charge in [-0.15, -0.1) is 0 Å². The van der Waals surface area contributed by atoms with E-state index in [1.54, 1.807) is 0 Å². The number of carbonyl (C=O) groups excluding carboxylic acids is 2. The van der Waals surface area contributed by atoms with Crippen molar-refractivity contribution in [3.8, 4) is 0 Å². The maximum atomic E-state index is 12.1. The quantitative estimate of drug-likeness (QED) is 0.715. The van der Waals surface area contributed by atoms with E-state index in [1.807, 2.05) is 13.8 Å². The minimum absolute atomic E-state index is 0.0298. The minimum atomic E-state index is -0.167. The van der Waals surface area contributed by atoms with Crippen molar-refractivity contribution in [3.63, 3.8) is 0 Å². The van der Waals surface area contributed by atoms with Crippen LogP contribution in [0.15, 0.2) is 0 Å². The van der Waals surface area contributed by atoms with Gasteiger partial charge in [-0.05, 0) is 38.5 Å². The molecular formula is C15H25NO4. The molecule has 5 nitrogen and oxygen atoms in total. The number of fused-ring (bicyclic) bond motifs is 2. The van der Waals surface area contributed by atoms with Gasteiger partial charge in [0.1, 0.15) is 0 Å². The van der Waals surface area contributed by atoms with Gasteiger partial charge in [0.2, 0.25) is 0 Å². The molecule has 2 rings (SSSR count). The fraction of sp³-hybridized carbons (Fsp3) is 0.867. The predicted molar refractivity (Wildman–Crippen MR) is 74.0 cm³/mol. The number of rotatable bonds is 5. The second-order valence-corrected chi connectivity index (χ2v) is 5.73. The molecule has 2 atom stereocenters. The summed E-state index contributed by atoms with van der Waals surface area (Å²) in [6, 6.07) is 0. The van der Waals surface area contributed by atoms with E-state index in [9.17, 15) is 9.59 Å². The highest BCUT2D eigenvalue weighted by Crippen LogP contribution is 2.40. The van der Waals surface area contributed by atoms with Crippen molar-refractivity contribution in [3.05, 3.63) is 0 Å². The van der Waals surface area contributed by atoms with Gasteiger partial charge in [-0.3, -0.25) is 14.5 Å². The lowest BCUT2D eigenvalue weighted by Crippen LogP contribution is -2.52. The van der Waals surface area contributed by atoms with Crippen LogP contribution in [0, 0.1) is 17.8 Å². The molecule has 0 spiro atoms. The molecule has 1 aliphatic carbocycles. The first-order chi connectivity index (χ1) is 9.65. The predicted octanol–water partition coefficient (Wildman–Crippen LogP) is 1.46. The summed E-state index contributed by atoms with van der Waals surface area (Å²) in [4.78, 5) is 25.8. The van der Waals surface area contributed by atoms with E-state index in [4.69, 9.17) is 9.47 Å². The maximum absolute atomic E-state index is 12.1. The van der Waals surface area contributed by atoms with Gasteiger partial charge in [0.15, 0.2) is 0 Å². The molecule has 114 valence electrons. The van der Waals surface area contributed by atoms with E-state index >= 15 is 0 Å². The normalized spacial score (nSPS) is 29.8. The molecule has 1 aliphatic heterocycles. The van der Waals surface area contributed by atoms with E-state index in [1.165, 1.54) is 6.42 Å². The third-order valence-corrected chi connectivity index (χ3v) is 4.37. The summed E-state index contributed by atoms with van der Waals surface area (Å²) in [6.07, 6.45) is 3.29. The maximum Gasteiger partial charge on any atom is 0.320 e. The Balaban J connectivity index is 1.96. The Morgan fingerprint density at radius 3 is 2.20 bits per heavy atom. The lowest BCUT2D eigenvalue weighted by molar-refractivity contribution is -0.158. The summed E-state index contributed by atoms with van der Waals surface area (Å²) in [6.45, 7) is 6.49. The number of ether oxygens (including phenoxy) is 2. The number of nitrogens with zero attached hydrogens (tertiary/aromatic N) is 1. The smallest absolute Gasteiger partial charge is 0.320 e. The highest BCUT2D eigenvalue weighted by molar-refractivity contribution is 5.74. The number of piperidine rings is 1. The molecule has 2 aliphatic rings.